The smallest absolute Gasteiger partial charge is 0.268 e. The number of nitrogens with zero attached hydrogens (tertiary/aromatic N) is 2. The molecule has 0 fully saturated rings. The molecule has 3 rings (SSSR count). The predicted molar refractivity (Wildman–Crippen MR) is 82.0 cm³/mol. The minimum absolute atomic E-state index is 0.0829. The first-order valence-corrected chi connectivity index (χ1v) is 7.30. The maximum atomic E-state index is 12.1. The van der Waals surface area contributed by atoms with Crippen molar-refractivity contribution in [1.82, 2.24) is 9.78 Å². The molecule has 0 saturated heterocycles. The van der Waals surface area contributed by atoms with Crippen LogP contribution >= 0.6 is 0 Å². The number of rotatable bonds is 5. The third kappa shape index (κ3) is 2.91. The molecule has 110 valence electrons. The van der Waals surface area contributed by atoms with E-state index in [1.54, 1.807) is 12.3 Å². The van der Waals surface area contributed by atoms with Gasteiger partial charge in [0.2, 0.25) is 0 Å². The number of para-hydroxylation sites is 1. The van der Waals surface area contributed by atoms with E-state index in [0.29, 0.717) is 13.2 Å². The molecule has 1 atom stereocenters. The summed E-state index contributed by atoms with van der Waals surface area (Å²) in [7, 11) is 0. The van der Waals surface area contributed by atoms with Crippen molar-refractivity contribution in [3.8, 4) is 5.75 Å². The Morgan fingerprint density at radius 2 is 2.29 bits per heavy atom. The number of fused-ring (bicyclic) bond motifs is 1. The van der Waals surface area contributed by atoms with Gasteiger partial charge >= 0.3 is 0 Å². The van der Waals surface area contributed by atoms with E-state index < -0.39 is 0 Å². The van der Waals surface area contributed by atoms with Crippen LogP contribution < -0.4 is 15.6 Å². The molecule has 2 heterocycles. The molecule has 1 unspecified atom stereocenters. The van der Waals surface area contributed by atoms with Crippen LogP contribution in [0, 0.1) is 0 Å². The number of aromatic nitrogens is 2. The lowest BCUT2D eigenvalue weighted by Gasteiger charge is -2.11. The third-order valence-corrected chi connectivity index (χ3v) is 3.64. The normalized spacial score (nSPS) is 16.3. The van der Waals surface area contributed by atoms with Crippen molar-refractivity contribution in [2.45, 2.75) is 25.8 Å². The summed E-state index contributed by atoms with van der Waals surface area (Å²) >= 11 is 0. The molecular formula is C16H19N3O2. The van der Waals surface area contributed by atoms with Gasteiger partial charge in [0, 0.05) is 24.1 Å². The van der Waals surface area contributed by atoms with Gasteiger partial charge in [-0.25, -0.2) is 4.68 Å². The second-order valence-corrected chi connectivity index (χ2v) is 5.24. The number of anilines is 1. The Morgan fingerprint density at radius 3 is 3.10 bits per heavy atom. The third-order valence-electron chi connectivity index (χ3n) is 3.64. The van der Waals surface area contributed by atoms with Crippen LogP contribution in [0.2, 0.25) is 0 Å². The Bertz CT molecular complexity index is 681. The highest BCUT2D eigenvalue weighted by Gasteiger charge is 2.24. The predicted octanol–water partition coefficient (Wildman–Crippen LogP) is 2.24. The standard InChI is InChI=1S/C16H19N3O2/c1-2-7-17-13-8-16(20)19(18-9-13)10-12-11-21-15-6-4-3-5-14(12)15/h3-6,8-9,12,17H,2,7,10-11H2,1H3. The Hall–Kier alpha value is -2.30. The fraction of sp³-hybridized carbons (Fsp3) is 0.375. The zero-order valence-corrected chi connectivity index (χ0v) is 12.1. The van der Waals surface area contributed by atoms with Crippen molar-refractivity contribution in [3.63, 3.8) is 0 Å². The summed E-state index contributed by atoms with van der Waals surface area (Å²) in [6.07, 6.45) is 2.72. The summed E-state index contributed by atoms with van der Waals surface area (Å²) in [6.45, 7) is 4.07. The average molecular weight is 285 g/mol. The summed E-state index contributed by atoms with van der Waals surface area (Å²) in [5, 5.41) is 7.42. The second-order valence-electron chi connectivity index (χ2n) is 5.24. The molecule has 1 aliphatic heterocycles. The van der Waals surface area contributed by atoms with Crippen LogP contribution in [0.4, 0.5) is 5.69 Å². The fourth-order valence-electron chi connectivity index (χ4n) is 2.53. The van der Waals surface area contributed by atoms with Crippen LogP contribution in [-0.4, -0.2) is 22.9 Å². The molecule has 2 aromatic rings. The van der Waals surface area contributed by atoms with E-state index in [1.165, 1.54) is 4.68 Å². The SMILES string of the molecule is CCCNc1cnn(CC2COc3ccccc32)c(=O)c1. The highest BCUT2D eigenvalue weighted by atomic mass is 16.5. The Labute approximate surface area is 123 Å². The lowest BCUT2D eigenvalue weighted by atomic mass is 10.0. The minimum atomic E-state index is -0.0829. The molecule has 1 aromatic carbocycles. The van der Waals surface area contributed by atoms with Gasteiger partial charge < -0.3 is 10.1 Å². The topological polar surface area (TPSA) is 56.1 Å². The van der Waals surface area contributed by atoms with E-state index in [2.05, 4.69) is 23.4 Å². The summed E-state index contributed by atoms with van der Waals surface area (Å²) in [4.78, 5) is 12.1. The Morgan fingerprint density at radius 1 is 1.43 bits per heavy atom. The molecular weight excluding hydrogens is 266 g/mol. The second kappa shape index (κ2) is 5.99. The van der Waals surface area contributed by atoms with Gasteiger partial charge in [-0.05, 0) is 12.5 Å². The summed E-state index contributed by atoms with van der Waals surface area (Å²) < 4.78 is 7.15. The van der Waals surface area contributed by atoms with Crippen LogP contribution in [0.5, 0.6) is 5.75 Å². The van der Waals surface area contributed by atoms with Crippen molar-refractivity contribution in [2.75, 3.05) is 18.5 Å². The first-order chi connectivity index (χ1) is 10.3. The van der Waals surface area contributed by atoms with E-state index in [1.807, 2.05) is 18.2 Å². The largest absolute Gasteiger partial charge is 0.493 e. The maximum absolute atomic E-state index is 12.1. The van der Waals surface area contributed by atoms with Crippen molar-refractivity contribution in [3.05, 3.63) is 52.4 Å². The number of nitrogens with one attached hydrogen (secondary N) is 1. The zero-order valence-electron chi connectivity index (χ0n) is 12.1. The van der Waals surface area contributed by atoms with Gasteiger partial charge in [-0.1, -0.05) is 25.1 Å². The van der Waals surface area contributed by atoms with E-state index in [0.717, 1.165) is 30.0 Å². The van der Waals surface area contributed by atoms with E-state index in [-0.39, 0.29) is 11.5 Å². The minimum Gasteiger partial charge on any atom is -0.493 e. The van der Waals surface area contributed by atoms with Crippen molar-refractivity contribution >= 4 is 5.69 Å². The highest BCUT2D eigenvalue weighted by molar-refractivity contribution is 5.40. The molecule has 5 nitrogen and oxygen atoms in total. The molecule has 1 aromatic heterocycles. The molecule has 1 N–H and O–H groups in total. The number of ether oxygens (including phenoxy) is 1. The van der Waals surface area contributed by atoms with E-state index in [4.69, 9.17) is 4.74 Å². The molecule has 0 saturated carbocycles. The van der Waals surface area contributed by atoms with E-state index >= 15 is 0 Å². The molecule has 0 amide bonds. The Balaban J connectivity index is 1.76. The molecule has 1 aliphatic rings. The van der Waals surface area contributed by atoms with Crippen molar-refractivity contribution in [1.29, 1.82) is 0 Å². The Kier molecular flexibility index (Phi) is 3.90. The lowest BCUT2D eigenvalue weighted by Crippen LogP contribution is -2.26. The number of hydrogen-bond donors (Lipinski definition) is 1. The molecule has 0 radical (unpaired) electrons. The molecule has 21 heavy (non-hydrogen) atoms. The van der Waals surface area contributed by atoms with Gasteiger partial charge in [0.15, 0.2) is 0 Å². The van der Waals surface area contributed by atoms with Gasteiger partial charge in [-0.2, -0.15) is 5.10 Å². The summed E-state index contributed by atoms with van der Waals surface area (Å²) in [6, 6.07) is 9.57. The quantitative estimate of drug-likeness (QED) is 0.915. The summed E-state index contributed by atoms with van der Waals surface area (Å²) in [5.41, 5.74) is 1.85. The monoisotopic (exact) mass is 285 g/mol. The molecule has 0 bridgehead atoms. The van der Waals surface area contributed by atoms with Crippen LogP contribution in [0.3, 0.4) is 0 Å². The van der Waals surface area contributed by atoms with Crippen LogP contribution in [-0.2, 0) is 6.54 Å². The van der Waals surface area contributed by atoms with Gasteiger partial charge in [0.1, 0.15) is 5.75 Å². The van der Waals surface area contributed by atoms with Crippen LogP contribution in [0.15, 0.2) is 41.3 Å². The van der Waals surface area contributed by atoms with E-state index in [9.17, 15) is 4.79 Å². The average Bonchev–Trinajstić information content (AvgIpc) is 2.91. The maximum Gasteiger partial charge on any atom is 0.268 e. The fourth-order valence-corrected chi connectivity index (χ4v) is 2.53. The first-order valence-electron chi connectivity index (χ1n) is 7.30. The van der Waals surface area contributed by atoms with Gasteiger partial charge in [-0.3, -0.25) is 4.79 Å². The number of hydrogen-bond acceptors (Lipinski definition) is 4. The van der Waals surface area contributed by atoms with Gasteiger partial charge in [0.25, 0.3) is 5.56 Å². The van der Waals surface area contributed by atoms with Gasteiger partial charge in [-0.15, -0.1) is 0 Å². The number of benzene rings is 1. The summed E-state index contributed by atoms with van der Waals surface area (Å²) in [5.74, 6) is 1.10. The van der Waals surface area contributed by atoms with Crippen molar-refractivity contribution in [2.24, 2.45) is 0 Å². The van der Waals surface area contributed by atoms with Crippen LogP contribution in [0.1, 0.15) is 24.8 Å². The molecule has 5 heteroatoms. The van der Waals surface area contributed by atoms with Crippen molar-refractivity contribution < 1.29 is 4.74 Å². The lowest BCUT2D eigenvalue weighted by molar-refractivity contribution is 0.313. The molecule has 0 spiro atoms. The van der Waals surface area contributed by atoms with Crippen LogP contribution in [0.25, 0.3) is 0 Å². The van der Waals surface area contributed by atoms with Gasteiger partial charge in [0.05, 0.1) is 25.0 Å². The molecule has 0 aliphatic carbocycles. The first kappa shape index (κ1) is 13.7. The zero-order chi connectivity index (χ0) is 14.7. The highest BCUT2D eigenvalue weighted by Crippen LogP contribution is 2.33.